The molecule has 0 spiro atoms. The maximum absolute atomic E-state index is 5.06. The molecule has 5 aliphatic rings. The highest BCUT2D eigenvalue weighted by Gasteiger charge is 2.34. The summed E-state index contributed by atoms with van der Waals surface area (Å²) in [5.41, 5.74) is 9.45. The summed E-state index contributed by atoms with van der Waals surface area (Å²) in [5.74, 6) is 0. The first kappa shape index (κ1) is 15.6. The minimum atomic E-state index is 0.459. The van der Waals surface area contributed by atoms with Gasteiger partial charge in [0.15, 0.2) is 0 Å². The summed E-state index contributed by atoms with van der Waals surface area (Å²) < 4.78 is 0. The van der Waals surface area contributed by atoms with Crippen molar-refractivity contribution in [1.29, 1.82) is 0 Å². The summed E-state index contributed by atoms with van der Waals surface area (Å²) in [6.07, 6.45) is 11.5. The molecule has 5 heterocycles. The fraction of sp³-hybridized carbons (Fsp3) is 0.619. The molecule has 3 atom stereocenters. The third-order valence-corrected chi connectivity index (χ3v) is 6.70. The summed E-state index contributed by atoms with van der Waals surface area (Å²) in [7, 11) is 0. The highest BCUT2D eigenvalue weighted by atomic mass is 15.1. The zero-order valence-corrected chi connectivity index (χ0v) is 15.4. The Labute approximate surface area is 150 Å². The second-order valence-electron chi connectivity index (χ2n) is 8.22. The van der Waals surface area contributed by atoms with Crippen LogP contribution in [-0.2, 0) is 0 Å². The minimum Gasteiger partial charge on any atom is -0.362 e. The van der Waals surface area contributed by atoms with Gasteiger partial charge >= 0.3 is 0 Å². The van der Waals surface area contributed by atoms with Gasteiger partial charge in [-0.3, -0.25) is 9.98 Å². The standard InChI is InChI=1S/C21H28N4/c1-12-16-5-3-14(22-16)11-15-4-6-20(23-15)21-10-9-19(25-21)13(2)18-8-7-17(12)24-18/h11,19-22,25H,3-10H2,1-2H3. The number of hydrogen-bond donors (Lipinski definition) is 2. The van der Waals surface area contributed by atoms with Crippen LogP contribution in [0, 0.1) is 0 Å². The predicted molar refractivity (Wildman–Crippen MR) is 103 cm³/mol. The molecule has 25 heavy (non-hydrogen) atoms. The lowest BCUT2D eigenvalue weighted by atomic mass is 10.0. The lowest BCUT2D eigenvalue weighted by molar-refractivity contribution is 0.470. The van der Waals surface area contributed by atoms with E-state index in [-0.39, 0.29) is 0 Å². The van der Waals surface area contributed by atoms with E-state index >= 15 is 0 Å². The van der Waals surface area contributed by atoms with Crippen molar-refractivity contribution in [3.8, 4) is 0 Å². The van der Waals surface area contributed by atoms with Crippen molar-refractivity contribution >= 4 is 11.4 Å². The van der Waals surface area contributed by atoms with Gasteiger partial charge in [-0.1, -0.05) is 0 Å². The number of aliphatic imine (C=N–C) groups is 2. The van der Waals surface area contributed by atoms with Gasteiger partial charge in [-0.25, -0.2) is 0 Å². The third kappa shape index (κ3) is 2.71. The maximum Gasteiger partial charge on any atom is 0.0659 e. The molecule has 0 aromatic rings. The number of fused-ring (bicyclic) bond motifs is 7. The first-order valence-electron chi connectivity index (χ1n) is 9.95. The van der Waals surface area contributed by atoms with Crippen molar-refractivity contribution in [2.75, 3.05) is 0 Å². The molecule has 4 heteroatoms. The molecule has 0 aromatic heterocycles. The largest absolute Gasteiger partial charge is 0.362 e. The van der Waals surface area contributed by atoms with Crippen molar-refractivity contribution in [1.82, 2.24) is 10.6 Å². The van der Waals surface area contributed by atoms with Crippen molar-refractivity contribution in [2.45, 2.75) is 83.3 Å². The van der Waals surface area contributed by atoms with Crippen LogP contribution in [0.3, 0.4) is 0 Å². The van der Waals surface area contributed by atoms with Crippen molar-refractivity contribution in [3.05, 3.63) is 34.3 Å². The topological polar surface area (TPSA) is 48.8 Å². The monoisotopic (exact) mass is 336 g/mol. The van der Waals surface area contributed by atoms with E-state index in [0.717, 1.165) is 32.1 Å². The van der Waals surface area contributed by atoms with Crippen LogP contribution in [-0.4, -0.2) is 29.5 Å². The SMILES string of the molecule is CC1=C2CCC(=CC3=NC(CC3)C3CCC(N3)C(C)=C3CCC1=N3)N2. The Bertz CT molecular complexity index is 765. The first-order valence-corrected chi connectivity index (χ1v) is 9.95. The van der Waals surface area contributed by atoms with E-state index < -0.39 is 0 Å². The fourth-order valence-electron chi connectivity index (χ4n) is 5.07. The second-order valence-corrected chi connectivity index (χ2v) is 8.22. The average Bonchev–Trinajstić information content (AvgIpc) is 3.38. The second kappa shape index (κ2) is 5.94. The van der Waals surface area contributed by atoms with Crippen LogP contribution in [0.15, 0.2) is 44.3 Å². The lowest BCUT2D eigenvalue weighted by Crippen LogP contribution is -2.37. The van der Waals surface area contributed by atoms with Gasteiger partial charge in [0.05, 0.1) is 6.04 Å². The van der Waals surface area contributed by atoms with Crippen LogP contribution in [0.5, 0.6) is 0 Å². The predicted octanol–water partition coefficient (Wildman–Crippen LogP) is 3.77. The summed E-state index contributed by atoms with van der Waals surface area (Å²) in [6.45, 7) is 4.53. The molecule has 132 valence electrons. The Morgan fingerprint density at radius 3 is 2.84 bits per heavy atom. The normalized spacial score (nSPS) is 34.5. The molecule has 5 aliphatic heterocycles. The molecule has 0 aliphatic carbocycles. The Hall–Kier alpha value is -1.68. The van der Waals surface area contributed by atoms with E-state index in [1.165, 1.54) is 58.9 Å². The molecule has 0 amide bonds. The van der Waals surface area contributed by atoms with E-state index in [9.17, 15) is 0 Å². The maximum atomic E-state index is 5.06. The van der Waals surface area contributed by atoms with Gasteiger partial charge in [0.1, 0.15) is 0 Å². The Morgan fingerprint density at radius 2 is 1.92 bits per heavy atom. The van der Waals surface area contributed by atoms with Crippen LogP contribution in [0.25, 0.3) is 0 Å². The van der Waals surface area contributed by atoms with E-state index in [0.29, 0.717) is 18.1 Å². The van der Waals surface area contributed by atoms with Gasteiger partial charge in [-0.05, 0) is 82.4 Å². The molecule has 5 rings (SSSR count). The van der Waals surface area contributed by atoms with Crippen LogP contribution in [0.4, 0.5) is 0 Å². The fourth-order valence-corrected chi connectivity index (χ4v) is 5.07. The Kier molecular flexibility index (Phi) is 3.70. The van der Waals surface area contributed by atoms with E-state index in [1.54, 1.807) is 0 Å². The average molecular weight is 336 g/mol. The molecule has 3 unspecified atom stereocenters. The molecule has 2 N–H and O–H groups in total. The van der Waals surface area contributed by atoms with Crippen LogP contribution < -0.4 is 10.6 Å². The molecular weight excluding hydrogens is 308 g/mol. The van der Waals surface area contributed by atoms with Crippen LogP contribution in [0.1, 0.15) is 65.2 Å². The molecule has 0 radical (unpaired) electrons. The smallest absolute Gasteiger partial charge is 0.0659 e. The highest BCUT2D eigenvalue weighted by molar-refractivity contribution is 6.02. The third-order valence-electron chi connectivity index (χ3n) is 6.70. The number of rotatable bonds is 0. The number of allylic oxidation sites excluding steroid dienone is 5. The number of hydrogen-bond acceptors (Lipinski definition) is 4. The first-order chi connectivity index (χ1) is 12.2. The molecule has 8 bridgehead atoms. The quantitative estimate of drug-likeness (QED) is 0.707. The van der Waals surface area contributed by atoms with Crippen molar-refractivity contribution < 1.29 is 0 Å². The van der Waals surface area contributed by atoms with Crippen molar-refractivity contribution in [2.24, 2.45) is 9.98 Å². The summed E-state index contributed by atoms with van der Waals surface area (Å²) >= 11 is 0. The summed E-state index contributed by atoms with van der Waals surface area (Å²) in [4.78, 5) is 10.1. The Morgan fingerprint density at radius 1 is 1.00 bits per heavy atom. The lowest BCUT2D eigenvalue weighted by Gasteiger charge is -2.19. The highest BCUT2D eigenvalue weighted by Crippen LogP contribution is 2.33. The van der Waals surface area contributed by atoms with Gasteiger partial charge in [-0.2, -0.15) is 0 Å². The van der Waals surface area contributed by atoms with Gasteiger partial charge in [0.25, 0.3) is 0 Å². The number of nitrogens with one attached hydrogen (secondary N) is 2. The van der Waals surface area contributed by atoms with Gasteiger partial charge in [0.2, 0.25) is 0 Å². The minimum absolute atomic E-state index is 0.459. The van der Waals surface area contributed by atoms with Gasteiger partial charge < -0.3 is 10.6 Å². The van der Waals surface area contributed by atoms with Crippen molar-refractivity contribution in [3.63, 3.8) is 0 Å². The van der Waals surface area contributed by atoms with E-state index in [4.69, 9.17) is 9.98 Å². The van der Waals surface area contributed by atoms with E-state index in [1.807, 2.05) is 0 Å². The van der Waals surface area contributed by atoms with Gasteiger partial charge in [0, 0.05) is 40.6 Å². The molecule has 0 aromatic carbocycles. The van der Waals surface area contributed by atoms with Gasteiger partial charge in [-0.15, -0.1) is 0 Å². The Balaban J connectivity index is 1.58. The molecule has 0 saturated carbocycles. The summed E-state index contributed by atoms with van der Waals surface area (Å²) in [6, 6.07) is 1.49. The molecular formula is C21H28N4. The zero-order valence-electron chi connectivity index (χ0n) is 15.4. The zero-order chi connectivity index (χ0) is 17.0. The summed E-state index contributed by atoms with van der Waals surface area (Å²) in [5, 5.41) is 7.55. The molecule has 2 fully saturated rings. The van der Waals surface area contributed by atoms with E-state index in [2.05, 4.69) is 30.6 Å². The van der Waals surface area contributed by atoms with Crippen LogP contribution in [0.2, 0.25) is 0 Å². The van der Waals surface area contributed by atoms with Crippen LogP contribution >= 0.6 is 0 Å². The molecule has 2 saturated heterocycles. The number of nitrogens with zero attached hydrogens (tertiary/aromatic N) is 2. The molecule has 4 nitrogen and oxygen atoms in total.